The Bertz CT molecular complexity index is 855. The van der Waals surface area contributed by atoms with Crippen molar-refractivity contribution in [3.05, 3.63) is 57.6 Å². The number of nitrogens with one attached hydrogen (secondary N) is 1. The van der Waals surface area contributed by atoms with Gasteiger partial charge in [-0.2, -0.15) is 0 Å². The van der Waals surface area contributed by atoms with Gasteiger partial charge in [-0.3, -0.25) is 4.72 Å². The Morgan fingerprint density at radius 3 is 1.92 bits per heavy atom. The van der Waals surface area contributed by atoms with Gasteiger partial charge in [0.25, 0.3) is 10.0 Å². The van der Waals surface area contributed by atoms with E-state index in [1.165, 1.54) is 0 Å². The van der Waals surface area contributed by atoms with E-state index in [9.17, 15) is 8.42 Å². The predicted molar refractivity (Wildman–Crippen MR) is 101 cm³/mol. The molecule has 0 heterocycles. The van der Waals surface area contributed by atoms with E-state index >= 15 is 0 Å². The molecule has 0 bridgehead atoms. The maximum atomic E-state index is 13.2. The van der Waals surface area contributed by atoms with Crippen LogP contribution in [0.1, 0.15) is 53.1 Å². The highest BCUT2D eigenvalue weighted by molar-refractivity contribution is 7.92. The van der Waals surface area contributed by atoms with Gasteiger partial charge < -0.3 is 0 Å². The number of benzene rings is 2. The maximum absolute atomic E-state index is 13.2. The molecule has 0 radical (unpaired) electrons. The molecule has 0 aliphatic carbocycles. The minimum Gasteiger partial charge on any atom is -0.279 e. The van der Waals surface area contributed by atoms with Crippen LogP contribution in [-0.4, -0.2) is 8.42 Å². The summed E-state index contributed by atoms with van der Waals surface area (Å²) in [5.74, 6) is 0.240. The molecule has 130 valence electrons. The SMILES string of the molecule is Cc1cc(C)c(C)c(S(=O)(=O)Nc2c(C)cccc2C(C)C)c1C. The zero-order valence-corrected chi connectivity index (χ0v) is 16.4. The normalized spacial score (nSPS) is 11.8. The lowest BCUT2D eigenvalue weighted by Crippen LogP contribution is -2.19. The highest BCUT2D eigenvalue weighted by Gasteiger charge is 2.24. The number of rotatable bonds is 4. The summed E-state index contributed by atoms with van der Waals surface area (Å²) >= 11 is 0. The summed E-state index contributed by atoms with van der Waals surface area (Å²) in [7, 11) is -3.65. The first-order valence-electron chi connectivity index (χ1n) is 8.26. The van der Waals surface area contributed by atoms with Crippen LogP contribution in [0.15, 0.2) is 29.2 Å². The van der Waals surface area contributed by atoms with Gasteiger partial charge in [0.05, 0.1) is 10.6 Å². The summed E-state index contributed by atoms with van der Waals surface area (Å²) in [4.78, 5) is 0.401. The van der Waals surface area contributed by atoms with Crippen LogP contribution >= 0.6 is 0 Å². The van der Waals surface area contributed by atoms with Gasteiger partial charge >= 0.3 is 0 Å². The van der Waals surface area contributed by atoms with Gasteiger partial charge in [0.2, 0.25) is 0 Å². The molecule has 2 rings (SSSR count). The highest BCUT2D eigenvalue weighted by atomic mass is 32.2. The molecule has 2 aromatic rings. The first-order valence-corrected chi connectivity index (χ1v) is 9.74. The van der Waals surface area contributed by atoms with Crippen molar-refractivity contribution < 1.29 is 8.42 Å². The Balaban J connectivity index is 2.64. The molecule has 0 aliphatic heterocycles. The van der Waals surface area contributed by atoms with Crippen LogP contribution in [0, 0.1) is 34.6 Å². The minimum absolute atomic E-state index is 0.240. The molecule has 0 atom stereocenters. The van der Waals surface area contributed by atoms with Crippen LogP contribution in [-0.2, 0) is 10.0 Å². The van der Waals surface area contributed by atoms with Crippen LogP contribution in [0.4, 0.5) is 5.69 Å². The summed E-state index contributed by atoms with van der Waals surface area (Å²) < 4.78 is 29.2. The number of hydrogen-bond acceptors (Lipinski definition) is 2. The number of aryl methyl sites for hydroxylation is 3. The highest BCUT2D eigenvalue weighted by Crippen LogP contribution is 2.32. The van der Waals surface area contributed by atoms with Gasteiger partial charge in [0.15, 0.2) is 0 Å². The van der Waals surface area contributed by atoms with Crippen molar-refractivity contribution in [3.8, 4) is 0 Å². The number of para-hydroxylation sites is 1. The van der Waals surface area contributed by atoms with Gasteiger partial charge in [-0.1, -0.05) is 38.1 Å². The molecule has 24 heavy (non-hydrogen) atoms. The first kappa shape index (κ1) is 18.5. The molecule has 0 saturated heterocycles. The van der Waals surface area contributed by atoms with Crippen molar-refractivity contribution in [2.45, 2.75) is 59.3 Å². The fraction of sp³-hybridized carbons (Fsp3) is 0.400. The Hall–Kier alpha value is -1.81. The van der Waals surface area contributed by atoms with Crippen LogP contribution in [0.2, 0.25) is 0 Å². The lowest BCUT2D eigenvalue weighted by atomic mass is 9.99. The Labute approximate surface area is 146 Å². The molecule has 2 aromatic carbocycles. The van der Waals surface area contributed by atoms with Crippen molar-refractivity contribution in [1.29, 1.82) is 0 Å². The van der Waals surface area contributed by atoms with Crippen molar-refractivity contribution in [2.75, 3.05) is 4.72 Å². The minimum atomic E-state index is -3.65. The largest absolute Gasteiger partial charge is 0.279 e. The lowest BCUT2D eigenvalue weighted by Gasteiger charge is -2.20. The van der Waals surface area contributed by atoms with E-state index in [4.69, 9.17) is 0 Å². The Kier molecular flexibility index (Phi) is 5.09. The third kappa shape index (κ3) is 3.34. The van der Waals surface area contributed by atoms with Crippen LogP contribution in [0.25, 0.3) is 0 Å². The van der Waals surface area contributed by atoms with Crippen molar-refractivity contribution in [3.63, 3.8) is 0 Å². The van der Waals surface area contributed by atoms with E-state index in [1.807, 2.05) is 58.9 Å². The Morgan fingerprint density at radius 2 is 1.42 bits per heavy atom. The fourth-order valence-corrected chi connectivity index (χ4v) is 4.86. The van der Waals surface area contributed by atoms with E-state index in [1.54, 1.807) is 0 Å². The number of sulfonamides is 1. The van der Waals surface area contributed by atoms with Gasteiger partial charge in [-0.05, 0) is 73.9 Å². The van der Waals surface area contributed by atoms with E-state index in [-0.39, 0.29) is 5.92 Å². The molecule has 0 aromatic heterocycles. The van der Waals surface area contributed by atoms with E-state index < -0.39 is 10.0 Å². The summed E-state index contributed by atoms with van der Waals surface area (Å²) in [6, 6.07) is 7.93. The van der Waals surface area contributed by atoms with Crippen LogP contribution in [0.5, 0.6) is 0 Å². The molecule has 0 unspecified atom stereocenters. The summed E-state index contributed by atoms with van der Waals surface area (Å²) in [6.07, 6.45) is 0. The molecular formula is C20H27NO2S. The quantitative estimate of drug-likeness (QED) is 0.832. The zero-order chi connectivity index (χ0) is 18.2. The smallest absolute Gasteiger partial charge is 0.262 e. The molecular weight excluding hydrogens is 318 g/mol. The topological polar surface area (TPSA) is 46.2 Å². The number of hydrogen-bond donors (Lipinski definition) is 1. The summed E-state index contributed by atoms with van der Waals surface area (Å²) in [5, 5.41) is 0. The third-order valence-corrected chi connectivity index (χ3v) is 6.35. The maximum Gasteiger partial charge on any atom is 0.262 e. The molecule has 1 N–H and O–H groups in total. The molecule has 0 spiro atoms. The lowest BCUT2D eigenvalue weighted by molar-refractivity contribution is 0.599. The molecule has 3 nitrogen and oxygen atoms in total. The zero-order valence-electron chi connectivity index (χ0n) is 15.6. The molecule has 0 amide bonds. The predicted octanol–water partition coefficient (Wildman–Crippen LogP) is 5.15. The van der Waals surface area contributed by atoms with Crippen molar-refractivity contribution >= 4 is 15.7 Å². The van der Waals surface area contributed by atoms with E-state index in [2.05, 4.69) is 18.6 Å². The summed E-state index contributed by atoms with van der Waals surface area (Å²) in [6.45, 7) is 13.7. The average Bonchev–Trinajstić information content (AvgIpc) is 2.47. The molecule has 0 saturated carbocycles. The standard InChI is InChI=1S/C20H27NO2S/c1-12(2)18-10-8-9-13(3)19(18)21-24(22,23)20-16(6)14(4)11-15(5)17(20)7/h8-12,21H,1-7H3. The van der Waals surface area contributed by atoms with Gasteiger partial charge in [-0.15, -0.1) is 0 Å². The summed E-state index contributed by atoms with van der Waals surface area (Å²) in [5.41, 5.74) is 6.25. The average molecular weight is 346 g/mol. The van der Waals surface area contributed by atoms with Gasteiger partial charge in [0, 0.05) is 0 Å². The molecule has 0 fully saturated rings. The third-order valence-electron chi connectivity index (χ3n) is 4.73. The second-order valence-corrected chi connectivity index (χ2v) is 8.51. The van der Waals surface area contributed by atoms with Gasteiger partial charge in [-0.25, -0.2) is 8.42 Å². The van der Waals surface area contributed by atoms with Crippen LogP contribution < -0.4 is 4.72 Å². The monoisotopic (exact) mass is 345 g/mol. The Morgan fingerprint density at radius 1 is 0.875 bits per heavy atom. The molecule has 0 aliphatic rings. The second-order valence-electron chi connectivity index (χ2n) is 6.89. The second kappa shape index (κ2) is 6.60. The first-order chi connectivity index (χ1) is 11.1. The van der Waals surface area contributed by atoms with E-state index in [0.717, 1.165) is 33.4 Å². The fourth-order valence-electron chi connectivity index (χ4n) is 3.08. The van der Waals surface area contributed by atoms with E-state index in [0.29, 0.717) is 10.6 Å². The van der Waals surface area contributed by atoms with Crippen LogP contribution in [0.3, 0.4) is 0 Å². The van der Waals surface area contributed by atoms with Gasteiger partial charge in [0.1, 0.15) is 0 Å². The van der Waals surface area contributed by atoms with Crippen molar-refractivity contribution in [1.82, 2.24) is 0 Å². The van der Waals surface area contributed by atoms with Crippen molar-refractivity contribution in [2.24, 2.45) is 0 Å². The number of anilines is 1. The molecule has 4 heteroatoms.